The van der Waals surface area contributed by atoms with Gasteiger partial charge in [-0.05, 0) is 18.3 Å². The van der Waals surface area contributed by atoms with Gasteiger partial charge in [0.2, 0.25) is 0 Å². The topological polar surface area (TPSA) is 27.7 Å². The summed E-state index contributed by atoms with van der Waals surface area (Å²) in [4.78, 5) is 0. The summed E-state index contributed by atoms with van der Waals surface area (Å²) >= 11 is 0. The fourth-order valence-corrected chi connectivity index (χ4v) is 2.69. The summed E-state index contributed by atoms with van der Waals surface area (Å²) in [5.74, 6) is 1.07. The van der Waals surface area contributed by atoms with Gasteiger partial charge in [-0.2, -0.15) is 0 Å². The Bertz CT molecular complexity index is 156. The lowest BCUT2D eigenvalue weighted by atomic mass is 9.77. The van der Waals surface area contributed by atoms with Gasteiger partial charge in [-0.3, -0.25) is 0 Å². The van der Waals surface area contributed by atoms with Gasteiger partial charge < -0.3 is 14.2 Å². The lowest BCUT2D eigenvalue weighted by Crippen LogP contribution is -2.52. The smallest absolute Gasteiger partial charge is 0.110 e. The Labute approximate surface area is 86.7 Å². The zero-order valence-corrected chi connectivity index (χ0v) is 9.82. The molecule has 0 bridgehead atoms. The Morgan fingerprint density at radius 1 is 0.714 bits per heavy atom. The van der Waals surface area contributed by atoms with Crippen molar-refractivity contribution >= 4 is 0 Å². The molecular formula is C11H22O3. The van der Waals surface area contributed by atoms with Crippen LogP contribution in [-0.4, -0.2) is 39.6 Å². The minimum Gasteiger partial charge on any atom is -0.378 e. The average Bonchev–Trinajstić information content (AvgIpc) is 2.16. The molecule has 3 nitrogen and oxygen atoms in total. The molecule has 1 aliphatic carbocycles. The molecule has 0 amide bonds. The maximum Gasteiger partial charge on any atom is 0.110 e. The van der Waals surface area contributed by atoms with Crippen molar-refractivity contribution in [3.8, 4) is 0 Å². The number of hydrogen-bond acceptors (Lipinski definition) is 3. The predicted molar refractivity (Wildman–Crippen MR) is 55.3 cm³/mol. The normalized spacial score (nSPS) is 43.9. The molecule has 0 aliphatic heterocycles. The number of rotatable bonds is 3. The van der Waals surface area contributed by atoms with Crippen molar-refractivity contribution in [1.82, 2.24) is 0 Å². The summed E-state index contributed by atoms with van der Waals surface area (Å²) in [5.41, 5.74) is 0. The monoisotopic (exact) mass is 202 g/mol. The van der Waals surface area contributed by atoms with E-state index in [2.05, 4.69) is 13.8 Å². The van der Waals surface area contributed by atoms with Gasteiger partial charge in [0.1, 0.15) is 6.10 Å². The average molecular weight is 202 g/mol. The standard InChI is InChI=1S/C11H22O3/c1-7-6-8(2)10(13-4)11(14-5)9(7)12-3/h7-11H,6H2,1-5H3/t7-,8+,9?,10?,11?. The Balaban J connectivity index is 2.76. The molecule has 3 heteroatoms. The molecule has 3 unspecified atom stereocenters. The third-order valence-corrected chi connectivity index (χ3v) is 3.33. The van der Waals surface area contributed by atoms with E-state index >= 15 is 0 Å². The van der Waals surface area contributed by atoms with Crippen LogP contribution >= 0.6 is 0 Å². The van der Waals surface area contributed by atoms with Crippen molar-refractivity contribution in [1.29, 1.82) is 0 Å². The van der Waals surface area contributed by atoms with E-state index in [-0.39, 0.29) is 18.3 Å². The molecule has 0 aromatic heterocycles. The molecule has 84 valence electrons. The number of hydrogen-bond donors (Lipinski definition) is 0. The summed E-state index contributed by atoms with van der Waals surface area (Å²) < 4.78 is 16.5. The van der Waals surface area contributed by atoms with Gasteiger partial charge in [0.15, 0.2) is 0 Å². The van der Waals surface area contributed by atoms with Crippen molar-refractivity contribution < 1.29 is 14.2 Å². The van der Waals surface area contributed by atoms with E-state index in [4.69, 9.17) is 14.2 Å². The van der Waals surface area contributed by atoms with Crippen molar-refractivity contribution in [2.24, 2.45) is 11.8 Å². The second kappa shape index (κ2) is 5.10. The van der Waals surface area contributed by atoms with Crippen molar-refractivity contribution in [3.05, 3.63) is 0 Å². The van der Waals surface area contributed by atoms with Crippen LogP contribution in [0.25, 0.3) is 0 Å². The molecule has 1 aliphatic rings. The Morgan fingerprint density at radius 3 is 1.36 bits per heavy atom. The van der Waals surface area contributed by atoms with Crippen LogP contribution in [-0.2, 0) is 14.2 Å². The van der Waals surface area contributed by atoms with Gasteiger partial charge in [-0.1, -0.05) is 13.8 Å². The number of ether oxygens (including phenoxy) is 3. The third kappa shape index (κ3) is 2.10. The molecule has 0 aromatic carbocycles. The van der Waals surface area contributed by atoms with Crippen LogP contribution in [0.1, 0.15) is 20.3 Å². The first-order valence-corrected chi connectivity index (χ1v) is 5.24. The van der Waals surface area contributed by atoms with E-state index in [0.717, 1.165) is 6.42 Å². The van der Waals surface area contributed by atoms with Crippen LogP contribution in [0, 0.1) is 11.8 Å². The Hall–Kier alpha value is -0.120. The molecule has 0 aromatic rings. The lowest BCUT2D eigenvalue weighted by molar-refractivity contribution is -0.164. The van der Waals surface area contributed by atoms with Crippen LogP contribution in [0.3, 0.4) is 0 Å². The van der Waals surface area contributed by atoms with Crippen LogP contribution in [0.4, 0.5) is 0 Å². The first-order valence-electron chi connectivity index (χ1n) is 5.24. The first kappa shape index (κ1) is 12.0. The molecule has 14 heavy (non-hydrogen) atoms. The summed E-state index contributed by atoms with van der Waals surface area (Å²) in [7, 11) is 5.22. The van der Waals surface area contributed by atoms with Gasteiger partial charge in [-0.15, -0.1) is 0 Å². The van der Waals surface area contributed by atoms with E-state index in [0.29, 0.717) is 11.8 Å². The fraction of sp³-hybridized carbons (Fsp3) is 1.00. The molecule has 1 rings (SSSR count). The van der Waals surface area contributed by atoms with Gasteiger partial charge >= 0.3 is 0 Å². The molecule has 1 fully saturated rings. The van der Waals surface area contributed by atoms with E-state index in [1.807, 2.05) is 0 Å². The van der Waals surface area contributed by atoms with Gasteiger partial charge in [-0.25, -0.2) is 0 Å². The van der Waals surface area contributed by atoms with Crippen LogP contribution < -0.4 is 0 Å². The van der Waals surface area contributed by atoms with Crippen molar-refractivity contribution in [3.63, 3.8) is 0 Å². The molecule has 0 N–H and O–H groups in total. The third-order valence-electron chi connectivity index (χ3n) is 3.33. The summed E-state index contributed by atoms with van der Waals surface area (Å²) in [6, 6.07) is 0. The molecular weight excluding hydrogens is 180 g/mol. The molecule has 5 atom stereocenters. The minimum atomic E-state index is 0.0590. The molecule has 0 heterocycles. The quantitative estimate of drug-likeness (QED) is 0.697. The second-order valence-electron chi connectivity index (χ2n) is 4.29. The van der Waals surface area contributed by atoms with Gasteiger partial charge in [0.25, 0.3) is 0 Å². The Morgan fingerprint density at radius 2 is 1.07 bits per heavy atom. The van der Waals surface area contributed by atoms with Crippen molar-refractivity contribution in [2.75, 3.05) is 21.3 Å². The van der Waals surface area contributed by atoms with E-state index in [9.17, 15) is 0 Å². The number of methoxy groups -OCH3 is 3. The largest absolute Gasteiger partial charge is 0.378 e. The van der Waals surface area contributed by atoms with Gasteiger partial charge in [0, 0.05) is 21.3 Å². The highest BCUT2D eigenvalue weighted by Gasteiger charge is 2.42. The highest BCUT2D eigenvalue weighted by atomic mass is 16.6. The molecule has 0 saturated heterocycles. The maximum atomic E-state index is 5.49. The van der Waals surface area contributed by atoms with Crippen LogP contribution in [0.2, 0.25) is 0 Å². The highest BCUT2D eigenvalue weighted by molar-refractivity contribution is 4.91. The minimum absolute atomic E-state index is 0.0590. The molecule has 1 saturated carbocycles. The predicted octanol–water partition coefficient (Wildman–Crippen LogP) is 1.71. The summed E-state index contributed by atoms with van der Waals surface area (Å²) in [5, 5.41) is 0. The van der Waals surface area contributed by atoms with E-state index < -0.39 is 0 Å². The second-order valence-corrected chi connectivity index (χ2v) is 4.29. The molecule has 0 spiro atoms. The van der Waals surface area contributed by atoms with Crippen molar-refractivity contribution in [2.45, 2.75) is 38.6 Å². The maximum absolute atomic E-state index is 5.49. The zero-order chi connectivity index (χ0) is 10.7. The molecule has 0 radical (unpaired) electrons. The summed E-state index contributed by atoms with van der Waals surface area (Å²) in [6.07, 6.45) is 1.50. The zero-order valence-electron chi connectivity index (χ0n) is 9.82. The summed E-state index contributed by atoms with van der Waals surface area (Å²) in [6.45, 7) is 4.42. The van der Waals surface area contributed by atoms with E-state index in [1.54, 1.807) is 21.3 Å². The Kier molecular flexibility index (Phi) is 4.35. The van der Waals surface area contributed by atoms with Gasteiger partial charge in [0.05, 0.1) is 12.2 Å². The van der Waals surface area contributed by atoms with Crippen LogP contribution in [0.5, 0.6) is 0 Å². The fourth-order valence-electron chi connectivity index (χ4n) is 2.69. The van der Waals surface area contributed by atoms with Crippen LogP contribution in [0.15, 0.2) is 0 Å². The SMILES string of the molecule is COC1C(OC)[C@H](C)C[C@H](C)C1OC. The van der Waals surface area contributed by atoms with E-state index in [1.165, 1.54) is 0 Å². The lowest BCUT2D eigenvalue weighted by Gasteiger charge is -2.43. The first-order chi connectivity index (χ1) is 6.65. The highest BCUT2D eigenvalue weighted by Crippen LogP contribution is 2.34.